The number of thioether (sulfide) groups is 1. The summed E-state index contributed by atoms with van der Waals surface area (Å²) in [5, 5.41) is 0. The van der Waals surface area contributed by atoms with E-state index in [4.69, 9.17) is 4.74 Å². The van der Waals surface area contributed by atoms with Gasteiger partial charge in [0, 0.05) is 44.6 Å². The van der Waals surface area contributed by atoms with Crippen molar-refractivity contribution in [2.24, 2.45) is 0 Å². The van der Waals surface area contributed by atoms with Gasteiger partial charge >= 0.3 is 0 Å². The second-order valence-corrected chi connectivity index (χ2v) is 10.0. The van der Waals surface area contributed by atoms with Gasteiger partial charge in [0.1, 0.15) is 0 Å². The van der Waals surface area contributed by atoms with Crippen molar-refractivity contribution in [2.75, 3.05) is 64.4 Å². The van der Waals surface area contributed by atoms with Gasteiger partial charge in [0.25, 0.3) is 0 Å². The summed E-state index contributed by atoms with van der Waals surface area (Å²) < 4.78 is 6.03. The molecule has 130 valence electrons. The summed E-state index contributed by atoms with van der Waals surface area (Å²) in [4.78, 5) is 7.49. The van der Waals surface area contributed by atoms with E-state index in [1.54, 1.807) is 20.6 Å². The lowest BCUT2D eigenvalue weighted by molar-refractivity contribution is -0.0487. The minimum absolute atomic E-state index is 0.485. The van der Waals surface area contributed by atoms with E-state index < -0.39 is 0 Å². The Morgan fingerprint density at radius 1 is 1.18 bits per heavy atom. The Hall–Kier alpha value is 1.24. The first-order chi connectivity index (χ1) is 10.7. The van der Waals surface area contributed by atoms with Crippen LogP contribution in [0.5, 0.6) is 0 Å². The minimum Gasteiger partial charge on any atom is -0.377 e. The topological polar surface area (TPSA) is 19.0 Å². The van der Waals surface area contributed by atoms with Crippen LogP contribution in [-0.4, -0.2) is 91.2 Å². The monoisotopic (exact) mass is 383 g/mol. The lowest BCUT2D eigenvalue weighted by Crippen LogP contribution is -2.48. The van der Waals surface area contributed by atoms with E-state index in [9.17, 15) is 0 Å². The smallest absolute Gasteiger partial charge is 0.0605 e. The summed E-state index contributed by atoms with van der Waals surface area (Å²) in [6, 6.07) is 0.702. The number of hydrogen-bond acceptors (Lipinski definition) is 8. The first-order valence-electron chi connectivity index (χ1n) is 7.91. The van der Waals surface area contributed by atoms with Crippen LogP contribution in [-0.2, 0) is 4.74 Å². The van der Waals surface area contributed by atoms with Crippen molar-refractivity contribution in [3.05, 3.63) is 0 Å². The number of thiol groups is 1. The van der Waals surface area contributed by atoms with E-state index >= 15 is 0 Å². The summed E-state index contributed by atoms with van der Waals surface area (Å²) in [6.45, 7) is 6.79. The largest absolute Gasteiger partial charge is 0.377 e. The standard InChI is InChI=1S/C14H29N3OS4/c1-15(11-21-22-19)13-9-14(10-13)18-8-7-16-3-5-17(6-4-16)12-20-2/h13-14,19H,3-12H2,1-2H3. The SMILES string of the molecule is CSCN1CCN(CCOC2CC(N(C)CSSS)C2)CC1. The molecule has 0 unspecified atom stereocenters. The molecule has 2 aliphatic rings. The highest BCUT2D eigenvalue weighted by molar-refractivity contribution is 9.05. The molecular weight excluding hydrogens is 354 g/mol. The van der Waals surface area contributed by atoms with Crippen LogP contribution < -0.4 is 0 Å². The second kappa shape index (κ2) is 11.0. The zero-order chi connectivity index (χ0) is 15.8. The van der Waals surface area contributed by atoms with Crippen molar-refractivity contribution >= 4 is 44.0 Å². The molecule has 1 saturated carbocycles. The Kier molecular flexibility index (Phi) is 9.76. The molecule has 2 rings (SSSR count). The van der Waals surface area contributed by atoms with E-state index in [1.807, 2.05) is 11.8 Å². The van der Waals surface area contributed by atoms with Crippen molar-refractivity contribution in [1.29, 1.82) is 0 Å². The molecule has 0 bridgehead atoms. The zero-order valence-electron chi connectivity index (χ0n) is 13.6. The number of rotatable bonds is 10. The highest BCUT2D eigenvalue weighted by atomic mass is 33.5. The fraction of sp³-hybridized carbons (Fsp3) is 1.00. The fourth-order valence-electron chi connectivity index (χ4n) is 2.92. The van der Waals surface area contributed by atoms with Crippen LogP contribution in [0.25, 0.3) is 0 Å². The average molecular weight is 384 g/mol. The summed E-state index contributed by atoms with van der Waals surface area (Å²) >= 11 is 6.08. The van der Waals surface area contributed by atoms with Gasteiger partial charge in [0.2, 0.25) is 0 Å². The molecule has 1 heterocycles. The van der Waals surface area contributed by atoms with Gasteiger partial charge in [-0.2, -0.15) is 0 Å². The van der Waals surface area contributed by atoms with E-state index in [0.717, 1.165) is 19.0 Å². The van der Waals surface area contributed by atoms with Crippen LogP contribution in [0.4, 0.5) is 0 Å². The Morgan fingerprint density at radius 2 is 1.86 bits per heavy atom. The van der Waals surface area contributed by atoms with E-state index in [0.29, 0.717) is 12.1 Å². The molecule has 8 heteroatoms. The van der Waals surface area contributed by atoms with Crippen molar-refractivity contribution in [2.45, 2.75) is 25.0 Å². The Labute approximate surface area is 152 Å². The average Bonchev–Trinajstić information content (AvgIpc) is 2.49. The van der Waals surface area contributed by atoms with Gasteiger partial charge in [-0.1, -0.05) is 22.5 Å². The van der Waals surface area contributed by atoms with E-state index in [1.165, 1.54) is 44.9 Å². The van der Waals surface area contributed by atoms with Gasteiger partial charge in [-0.15, -0.1) is 11.8 Å². The molecule has 1 saturated heterocycles. The summed E-state index contributed by atoms with van der Waals surface area (Å²) in [5.41, 5.74) is 0. The van der Waals surface area contributed by atoms with Gasteiger partial charge in [0.15, 0.2) is 0 Å². The fourth-order valence-corrected chi connectivity index (χ4v) is 5.03. The molecule has 4 nitrogen and oxygen atoms in total. The lowest BCUT2D eigenvalue weighted by atomic mass is 9.88. The summed E-state index contributed by atoms with van der Waals surface area (Å²) in [5.74, 6) is 2.22. The molecule has 0 aromatic carbocycles. The highest BCUT2D eigenvalue weighted by Gasteiger charge is 2.32. The maximum atomic E-state index is 6.03. The molecule has 0 aromatic rings. The van der Waals surface area contributed by atoms with Crippen LogP contribution in [0.1, 0.15) is 12.8 Å². The molecule has 1 aliphatic carbocycles. The lowest BCUT2D eigenvalue weighted by Gasteiger charge is -2.41. The molecule has 22 heavy (non-hydrogen) atoms. The Bertz CT molecular complexity index is 300. The third-order valence-electron chi connectivity index (χ3n) is 4.54. The van der Waals surface area contributed by atoms with Crippen molar-refractivity contribution in [3.63, 3.8) is 0 Å². The van der Waals surface area contributed by atoms with Crippen LogP contribution >= 0.6 is 44.0 Å². The first kappa shape index (κ1) is 19.6. The van der Waals surface area contributed by atoms with Gasteiger partial charge in [-0.05, 0) is 36.0 Å². The van der Waals surface area contributed by atoms with Crippen LogP contribution in [0, 0.1) is 0 Å². The third kappa shape index (κ3) is 6.63. The molecule has 0 amide bonds. The Morgan fingerprint density at radius 3 is 2.50 bits per heavy atom. The van der Waals surface area contributed by atoms with Crippen LogP contribution in [0.2, 0.25) is 0 Å². The first-order valence-corrected chi connectivity index (χ1v) is 12.7. The summed E-state index contributed by atoms with van der Waals surface area (Å²) in [7, 11) is 5.53. The number of ether oxygens (including phenoxy) is 1. The molecule has 0 radical (unpaired) electrons. The zero-order valence-corrected chi connectivity index (χ0v) is 17.0. The minimum atomic E-state index is 0.485. The van der Waals surface area contributed by atoms with E-state index in [-0.39, 0.29) is 0 Å². The summed E-state index contributed by atoms with van der Waals surface area (Å²) in [6.07, 6.45) is 5.05. The van der Waals surface area contributed by atoms with Gasteiger partial charge in [-0.3, -0.25) is 14.7 Å². The Balaban J connectivity index is 1.47. The predicted octanol–water partition coefficient (Wildman–Crippen LogP) is 2.59. The maximum Gasteiger partial charge on any atom is 0.0605 e. The van der Waals surface area contributed by atoms with Crippen molar-refractivity contribution < 1.29 is 4.74 Å². The second-order valence-electron chi connectivity index (χ2n) is 6.07. The molecule has 0 atom stereocenters. The normalized spacial score (nSPS) is 27.3. The van der Waals surface area contributed by atoms with Crippen molar-refractivity contribution in [1.82, 2.24) is 14.7 Å². The van der Waals surface area contributed by atoms with Crippen molar-refractivity contribution in [3.8, 4) is 0 Å². The number of nitrogens with zero attached hydrogens (tertiary/aromatic N) is 3. The number of hydrogen-bond donors (Lipinski definition) is 1. The highest BCUT2D eigenvalue weighted by Crippen LogP contribution is 2.31. The quantitative estimate of drug-likeness (QED) is 0.351. The number of piperazine rings is 1. The predicted molar refractivity (Wildman–Crippen MR) is 106 cm³/mol. The third-order valence-corrected chi connectivity index (χ3v) is 7.36. The molecule has 1 aliphatic heterocycles. The van der Waals surface area contributed by atoms with Gasteiger partial charge in [0.05, 0.1) is 18.6 Å². The van der Waals surface area contributed by atoms with Gasteiger partial charge in [-0.25, -0.2) is 0 Å². The maximum absolute atomic E-state index is 6.03. The molecule has 2 fully saturated rings. The molecule has 0 N–H and O–H groups in total. The van der Waals surface area contributed by atoms with Crippen LogP contribution in [0.3, 0.4) is 0 Å². The van der Waals surface area contributed by atoms with E-state index in [2.05, 4.69) is 39.7 Å². The molecule has 0 aromatic heterocycles. The molecule has 0 spiro atoms. The molecular formula is C14H29N3OS4. The van der Waals surface area contributed by atoms with Gasteiger partial charge < -0.3 is 4.74 Å². The van der Waals surface area contributed by atoms with Crippen LogP contribution in [0.15, 0.2) is 0 Å².